The summed E-state index contributed by atoms with van der Waals surface area (Å²) in [7, 11) is -1.94. The molecule has 0 aromatic heterocycles. The molecular formula is C17H25N3O4S. The van der Waals surface area contributed by atoms with Crippen LogP contribution in [0.5, 0.6) is 5.75 Å². The zero-order valence-electron chi connectivity index (χ0n) is 14.6. The summed E-state index contributed by atoms with van der Waals surface area (Å²) in [6.07, 6.45) is 5.33. The topological polar surface area (TPSA) is 96.5 Å². The van der Waals surface area contributed by atoms with Gasteiger partial charge in [-0.15, -0.1) is 0 Å². The van der Waals surface area contributed by atoms with E-state index in [0.717, 1.165) is 32.1 Å². The highest BCUT2D eigenvalue weighted by atomic mass is 32.2. The average Bonchev–Trinajstić information content (AvgIpc) is 3.00. The maximum atomic E-state index is 13.0. The molecule has 25 heavy (non-hydrogen) atoms. The summed E-state index contributed by atoms with van der Waals surface area (Å²) >= 11 is 0. The van der Waals surface area contributed by atoms with E-state index in [9.17, 15) is 13.2 Å². The van der Waals surface area contributed by atoms with Crippen molar-refractivity contribution in [3.8, 4) is 5.75 Å². The van der Waals surface area contributed by atoms with Crippen molar-refractivity contribution in [2.45, 2.75) is 25.7 Å². The first-order chi connectivity index (χ1) is 11.8. The number of anilines is 2. The van der Waals surface area contributed by atoms with Gasteiger partial charge in [-0.25, -0.2) is 8.42 Å². The van der Waals surface area contributed by atoms with Gasteiger partial charge in [0.25, 0.3) is 0 Å². The number of carbonyl (C=O) groups is 1. The first-order valence-corrected chi connectivity index (χ1v) is 10.4. The van der Waals surface area contributed by atoms with Gasteiger partial charge in [0, 0.05) is 18.3 Å². The van der Waals surface area contributed by atoms with E-state index < -0.39 is 10.0 Å². The van der Waals surface area contributed by atoms with Crippen molar-refractivity contribution in [2.24, 2.45) is 11.3 Å². The normalized spacial score (nSPS) is 25.9. The van der Waals surface area contributed by atoms with Crippen LogP contribution in [-0.4, -0.2) is 40.8 Å². The molecule has 0 bridgehead atoms. The summed E-state index contributed by atoms with van der Waals surface area (Å²) < 4.78 is 30.5. The van der Waals surface area contributed by atoms with Crippen LogP contribution in [0.2, 0.25) is 0 Å². The van der Waals surface area contributed by atoms with E-state index in [1.54, 1.807) is 18.2 Å². The zero-order valence-corrected chi connectivity index (χ0v) is 15.4. The molecule has 1 saturated carbocycles. The zero-order chi connectivity index (χ0) is 18.1. The number of hydrogen-bond donors (Lipinski definition) is 3. The van der Waals surface area contributed by atoms with Crippen molar-refractivity contribution < 1.29 is 17.9 Å². The summed E-state index contributed by atoms with van der Waals surface area (Å²) in [5.74, 6) is 0.785. The molecule has 1 aliphatic carbocycles. The van der Waals surface area contributed by atoms with Crippen LogP contribution in [0.4, 0.5) is 11.4 Å². The highest BCUT2D eigenvalue weighted by Gasteiger charge is 2.49. The van der Waals surface area contributed by atoms with Crippen LogP contribution in [-0.2, 0) is 14.8 Å². The Hall–Kier alpha value is -1.80. The lowest BCUT2D eigenvalue weighted by atomic mass is 9.67. The van der Waals surface area contributed by atoms with E-state index >= 15 is 0 Å². The maximum Gasteiger partial charge on any atom is 0.232 e. The lowest BCUT2D eigenvalue weighted by molar-refractivity contribution is -0.128. The second kappa shape index (κ2) is 6.84. The number of nitrogens with one attached hydrogen (secondary N) is 3. The Morgan fingerprint density at radius 1 is 1.36 bits per heavy atom. The number of hydrogen-bond acceptors (Lipinski definition) is 5. The van der Waals surface area contributed by atoms with Gasteiger partial charge >= 0.3 is 0 Å². The fourth-order valence-electron chi connectivity index (χ4n) is 4.00. The lowest BCUT2D eigenvalue weighted by Crippen LogP contribution is -2.44. The van der Waals surface area contributed by atoms with Gasteiger partial charge in [-0.1, -0.05) is 12.8 Å². The predicted octanol–water partition coefficient (Wildman–Crippen LogP) is 1.78. The number of methoxy groups -OCH3 is 1. The molecule has 1 aliphatic heterocycles. The monoisotopic (exact) mass is 367 g/mol. The third-order valence-corrected chi connectivity index (χ3v) is 5.84. The largest absolute Gasteiger partial charge is 0.494 e. The average molecular weight is 367 g/mol. The second-order valence-corrected chi connectivity index (χ2v) is 8.72. The smallest absolute Gasteiger partial charge is 0.232 e. The van der Waals surface area contributed by atoms with Crippen LogP contribution in [0, 0.1) is 11.3 Å². The van der Waals surface area contributed by atoms with Gasteiger partial charge in [-0.05, 0) is 37.4 Å². The molecule has 2 fully saturated rings. The Labute approximate surface area is 148 Å². The Bertz CT molecular complexity index is 765. The Balaban J connectivity index is 1.79. The van der Waals surface area contributed by atoms with Crippen LogP contribution in [0.15, 0.2) is 18.2 Å². The Morgan fingerprint density at radius 3 is 2.88 bits per heavy atom. The van der Waals surface area contributed by atoms with Gasteiger partial charge in [0.2, 0.25) is 15.9 Å². The van der Waals surface area contributed by atoms with Gasteiger partial charge in [-0.2, -0.15) is 0 Å². The van der Waals surface area contributed by atoms with Crippen molar-refractivity contribution >= 4 is 27.3 Å². The van der Waals surface area contributed by atoms with Crippen LogP contribution >= 0.6 is 0 Å². The molecule has 0 spiro atoms. The standard InChI is InChI=1S/C17H25N3O4S/c1-24-15-9-13(6-7-14(15)20-25(2,22)23)19-16(21)17-8-4-3-5-12(17)10-18-11-17/h6-7,9,12,18,20H,3-5,8,10-11H2,1-2H3,(H,19,21)/t12-,17+/m0/s1. The first-order valence-electron chi connectivity index (χ1n) is 8.52. The Kier molecular flexibility index (Phi) is 4.92. The summed E-state index contributed by atoms with van der Waals surface area (Å²) in [6, 6.07) is 4.92. The number of carbonyl (C=O) groups excluding carboxylic acids is 1. The molecule has 1 amide bonds. The van der Waals surface area contributed by atoms with Gasteiger partial charge in [0.15, 0.2) is 0 Å². The second-order valence-electron chi connectivity index (χ2n) is 6.97. The molecule has 2 aliphatic rings. The van der Waals surface area contributed by atoms with Crippen molar-refractivity contribution in [1.82, 2.24) is 5.32 Å². The van der Waals surface area contributed by atoms with Crippen LogP contribution in [0.3, 0.4) is 0 Å². The van der Waals surface area contributed by atoms with E-state index in [4.69, 9.17) is 4.74 Å². The third kappa shape index (κ3) is 3.74. The third-order valence-electron chi connectivity index (χ3n) is 5.25. The number of sulfonamides is 1. The summed E-state index contributed by atoms with van der Waals surface area (Å²) in [4.78, 5) is 13.0. The van der Waals surface area contributed by atoms with Gasteiger partial charge in [0.05, 0.1) is 24.5 Å². The minimum Gasteiger partial charge on any atom is -0.494 e. The van der Waals surface area contributed by atoms with Crippen LogP contribution in [0.1, 0.15) is 25.7 Å². The molecule has 1 aromatic carbocycles. The van der Waals surface area contributed by atoms with E-state index in [1.807, 2.05) is 0 Å². The number of amides is 1. The molecule has 0 radical (unpaired) electrons. The van der Waals surface area contributed by atoms with Gasteiger partial charge in [0.1, 0.15) is 5.75 Å². The van der Waals surface area contributed by atoms with Crippen LogP contribution in [0.25, 0.3) is 0 Å². The van der Waals surface area contributed by atoms with Gasteiger partial charge < -0.3 is 15.4 Å². The Morgan fingerprint density at radius 2 is 2.16 bits per heavy atom. The highest BCUT2D eigenvalue weighted by molar-refractivity contribution is 7.92. The molecule has 3 rings (SSSR count). The molecule has 1 saturated heterocycles. The van der Waals surface area contributed by atoms with Crippen LogP contribution < -0.4 is 20.1 Å². The molecule has 0 unspecified atom stereocenters. The van der Waals surface area contributed by atoms with E-state index in [2.05, 4.69) is 15.4 Å². The minimum absolute atomic E-state index is 0.0353. The summed E-state index contributed by atoms with van der Waals surface area (Å²) in [6.45, 7) is 1.61. The molecular weight excluding hydrogens is 342 g/mol. The number of fused-ring (bicyclic) bond motifs is 1. The molecule has 8 heteroatoms. The van der Waals surface area contributed by atoms with E-state index in [-0.39, 0.29) is 11.3 Å². The molecule has 138 valence electrons. The summed E-state index contributed by atoms with van der Waals surface area (Å²) in [5.41, 5.74) is 0.612. The van der Waals surface area contributed by atoms with Crippen molar-refractivity contribution in [1.29, 1.82) is 0 Å². The fourth-order valence-corrected chi connectivity index (χ4v) is 4.57. The lowest BCUT2D eigenvalue weighted by Gasteiger charge is -2.37. The van der Waals surface area contributed by atoms with Crippen molar-refractivity contribution in [3.63, 3.8) is 0 Å². The quantitative estimate of drug-likeness (QED) is 0.737. The fraction of sp³-hybridized carbons (Fsp3) is 0.588. The van der Waals surface area contributed by atoms with E-state index in [1.165, 1.54) is 13.5 Å². The highest BCUT2D eigenvalue weighted by Crippen LogP contribution is 2.44. The van der Waals surface area contributed by atoms with E-state index in [0.29, 0.717) is 29.6 Å². The molecule has 2 atom stereocenters. The SMILES string of the molecule is COc1cc(NC(=O)[C@@]23CCCC[C@H]2CNC3)ccc1NS(C)(=O)=O. The molecule has 1 heterocycles. The molecule has 1 aromatic rings. The maximum absolute atomic E-state index is 13.0. The number of ether oxygens (including phenoxy) is 1. The minimum atomic E-state index is -3.40. The number of benzene rings is 1. The first kappa shape index (κ1) is 18.0. The number of rotatable bonds is 5. The predicted molar refractivity (Wildman–Crippen MR) is 97.4 cm³/mol. The van der Waals surface area contributed by atoms with Crippen molar-refractivity contribution in [3.05, 3.63) is 18.2 Å². The van der Waals surface area contributed by atoms with Crippen molar-refractivity contribution in [2.75, 3.05) is 36.5 Å². The van der Waals surface area contributed by atoms with Gasteiger partial charge in [-0.3, -0.25) is 9.52 Å². The summed E-state index contributed by atoms with van der Waals surface area (Å²) in [5, 5.41) is 6.37. The molecule has 7 nitrogen and oxygen atoms in total. The molecule has 3 N–H and O–H groups in total.